The molecular formula is C11H13F4N3O. The third-order valence-electron chi connectivity index (χ3n) is 2.38. The van der Waals surface area contributed by atoms with Gasteiger partial charge in [0, 0.05) is 12.2 Å². The van der Waals surface area contributed by atoms with Crippen LogP contribution in [0, 0.1) is 5.82 Å². The van der Waals surface area contributed by atoms with E-state index in [4.69, 9.17) is 5.73 Å². The van der Waals surface area contributed by atoms with Crippen molar-refractivity contribution in [1.82, 2.24) is 9.88 Å². The van der Waals surface area contributed by atoms with Crippen molar-refractivity contribution in [3.63, 3.8) is 0 Å². The fourth-order valence-corrected chi connectivity index (χ4v) is 1.46. The van der Waals surface area contributed by atoms with E-state index in [1.807, 2.05) is 0 Å². The van der Waals surface area contributed by atoms with Gasteiger partial charge in [0.1, 0.15) is 6.54 Å². The Hall–Kier alpha value is -1.86. The van der Waals surface area contributed by atoms with Crippen LogP contribution in [0.1, 0.15) is 24.2 Å². The van der Waals surface area contributed by atoms with E-state index in [0.29, 0.717) is 4.90 Å². The lowest BCUT2D eigenvalue weighted by atomic mass is 10.2. The maximum absolute atomic E-state index is 13.6. The minimum Gasteiger partial charge on any atom is -0.381 e. The molecule has 0 bridgehead atoms. The van der Waals surface area contributed by atoms with E-state index < -0.39 is 41.9 Å². The Labute approximate surface area is 107 Å². The highest BCUT2D eigenvalue weighted by molar-refractivity contribution is 5.95. The van der Waals surface area contributed by atoms with E-state index in [1.54, 1.807) is 0 Å². The quantitative estimate of drug-likeness (QED) is 0.863. The summed E-state index contributed by atoms with van der Waals surface area (Å²) in [6.07, 6.45) is -3.49. The molecule has 1 heterocycles. The number of halogens is 4. The molecule has 0 radical (unpaired) electrons. The topological polar surface area (TPSA) is 59.2 Å². The Morgan fingerprint density at radius 2 is 2.05 bits per heavy atom. The number of nitrogen functional groups attached to an aromatic ring is 1. The summed E-state index contributed by atoms with van der Waals surface area (Å²) in [6, 6.07) is 0.266. The first-order chi connectivity index (χ1) is 8.63. The first-order valence-corrected chi connectivity index (χ1v) is 5.41. The number of aromatic nitrogens is 1. The zero-order valence-electron chi connectivity index (χ0n) is 10.3. The average Bonchev–Trinajstić information content (AvgIpc) is 2.27. The van der Waals surface area contributed by atoms with Crippen LogP contribution in [0.3, 0.4) is 0 Å². The zero-order chi connectivity index (χ0) is 14.8. The summed E-state index contributed by atoms with van der Waals surface area (Å²) in [5, 5.41) is 0. The number of nitrogens with zero attached hydrogens (tertiary/aromatic N) is 2. The first-order valence-electron chi connectivity index (χ1n) is 5.41. The van der Waals surface area contributed by atoms with E-state index in [-0.39, 0.29) is 0 Å². The molecule has 1 aromatic heterocycles. The lowest BCUT2D eigenvalue weighted by molar-refractivity contribution is -0.143. The fourth-order valence-electron chi connectivity index (χ4n) is 1.46. The van der Waals surface area contributed by atoms with Crippen LogP contribution >= 0.6 is 0 Å². The van der Waals surface area contributed by atoms with Gasteiger partial charge in [0.15, 0.2) is 11.6 Å². The van der Waals surface area contributed by atoms with Crippen molar-refractivity contribution in [2.75, 3.05) is 12.3 Å². The number of pyridine rings is 1. The van der Waals surface area contributed by atoms with Gasteiger partial charge >= 0.3 is 6.18 Å². The Kier molecular flexibility index (Phi) is 4.33. The highest BCUT2D eigenvalue weighted by atomic mass is 19.4. The summed E-state index contributed by atoms with van der Waals surface area (Å²) in [5.41, 5.74) is 4.66. The smallest absolute Gasteiger partial charge is 0.381 e. The van der Waals surface area contributed by atoms with Crippen molar-refractivity contribution in [2.45, 2.75) is 26.1 Å². The molecule has 1 amide bonds. The third kappa shape index (κ3) is 3.80. The summed E-state index contributed by atoms with van der Waals surface area (Å²) in [6.45, 7) is 1.36. The third-order valence-corrected chi connectivity index (χ3v) is 2.38. The predicted octanol–water partition coefficient (Wildman–Crippen LogP) is 2.22. The molecule has 1 aromatic rings. The Balaban J connectivity index is 3.10. The molecule has 1 rings (SSSR count). The minimum atomic E-state index is -4.56. The Bertz CT molecular complexity index is 473. The lowest BCUT2D eigenvalue weighted by Gasteiger charge is -2.27. The van der Waals surface area contributed by atoms with Crippen LogP contribution < -0.4 is 5.73 Å². The SMILES string of the molecule is CC(C)N(CC(F)(F)F)C(=O)c1ccnc(N)c1F. The normalized spacial score (nSPS) is 11.7. The van der Waals surface area contributed by atoms with Crippen LogP contribution in [0.25, 0.3) is 0 Å². The van der Waals surface area contributed by atoms with Gasteiger partial charge in [-0.15, -0.1) is 0 Å². The molecule has 0 unspecified atom stereocenters. The second-order valence-corrected chi connectivity index (χ2v) is 4.20. The maximum Gasteiger partial charge on any atom is 0.406 e. The number of hydrogen-bond acceptors (Lipinski definition) is 3. The second kappa shape index (κ2) is 5.41. The van der Waals surface area contributed by atoms with E-state index in [9.17, 15) is 22.4 Å². The molecular weight excluding hydrogens is 266 g/mol. The Morgan fingerprint density at radius 3 is 2.53 bits per heavy atom. The lowest BCUT2D eigenvalue weighted by Crippen LogP contribution is -2.43. The van der Waals surface area contributed by atoms with Crippen molar-refractivity contribution >= 4 is 11.7 Å². The van der Waals surface area contributed by atoms with Crippen molar-refractivity contribution in [1.29, 1.82) is 0 Å². The van der Waals surface area contributed by atoms with Crippen LogP contribution in [0.2, 0.25) is 0 Å². The molecule has 19 heavy (non-hydrogen) atoms. The van der Waals surface area contributed by atoms with Crippen molar-refractivity contribution in [2.24, 2.45) is 0 Å². The van der Waals surface area contributed by atoms with Gasteiger partial charge in [-0.2, -0.15) is 13.2 Å². The van der Waals surface area contributed by atoms with Gasteiger partial charge in [-0.25, -0.2) is 9.37 Å². The standard InChI is InChI=1S/C11H13F4N3O/c1-6(2)18(5-11(13,14)15)10(19)7-3-4-17-9(16)8(7)12/h3-4,6H,5H2,1-2H3,(H2,16,17). The highest BCUT2D eigenvalue weighted by Crippen LogP contribution is 2.21. The second-order valence-electron chi connectivity index (χ2n) is 4.20. The summed E-state index contributed by atoms with van der Waals surface area (Å²) >= 11 is 0. The molecule has 0 atom stereocenters. The van der Waals surface area contributed by atoms with E-state index >= 15 is 0 Å². The number of carbonyl (C=O) groups excluding carboxylic acids is 1. The van der Waals surface area contributed by atoms with Crippen molar-refractivity contribution in [3.05, 3.63) is 23.6 Å². The summed E-state index contributed by atoms with van der Waals surface area (Å²) in [4.78, 5) is 15.9. The molecule has 0 fully saturated rings. The van der Waals surface area contributed by atoms with Gasteiger partial charge in [-0.05, 0) is 19.9 Å². The summed E-state index contributed by atoms with van der Waals surface area (Å²) in [7, 11) is 0. The van der Waals surface area contributed by atoms with Crippen LogP contribution in [-0.4, -0.2) is 34.6 Å². The zero-order valence-corrected chi connectivity index (χ0v) is 10.3. The Morgan fingerprint density at radius 1 is 1.47 bits per heavy atom. The number of anilines is 1. The average molecular weight is 279 g/mol. The van der Waals surface area contributed by atoms with Crippen molar-refractivity contribution in [3.8, 4) is 0 Å². The molecule has 2 N–H and O–H groups in total. The first kappa shape index (κ1) is 15.2. The van der Waals surface area contributed by atoms with Gasteiger partial charge in [-0.1, -0.05) is 0 Å². The number of rotatable bonds is 3. The summed E-state index contributed by atoms with van der Waals surface area (Å²) < 4.78 is 50.8. The molecule has 0 spiro atoms. The number of alkyl halides is 3. The van der Waals surface area contributed by atoms with Crippen LogP contribution in [-0.2, 0) is 0 Å². The van der Waals surface area contributed by atoms with E-state index in [0.717, 1.165) is 12.3 Å². The van der Waals surface area contributed by atoms with Crippen LogP contribution in [0.15, 0.2) is 12.3 Å². The van der Waals surface area contributed by atoms with Gasteiger partial charge in [0.2, 0.25) is 0 Å². The maximum atomic E-state index is 13.6. The van der Waals surface area contributed by atoms with Crippen LogP contribution in [0.4, 0.5) is 23.4 Å². The molecule has 106 valence electrons. The van der Waals surface area contributed by atoms with Gasteiger partial charge < -0.3 is 10.6 Å². The number of hydrogen-bond donors (Lipinski definition) is 1. The van der Waals surface area contributed by atoms with Gasteiger partial charge in [-0.3, -0.25) is 4.79 Å². The molecule has 0 saturated heterocycles. The number of nitrogens with two attached hydrogens (primary N) is 1. The minimum absolute atomic E-state index is 0.523. The molecule has 8 heteroatoms. The van der Waals surface area contributed by atoms with Gasteiger partial charge in [0.25, 0.3) is 5.91 Å². The van der Waals surface area contributed by atoms with E-state index in [1.165, 1.54) is 13.8 Å². The molecule has 0 aliphatic carbocycles. The molecule has 4 nitrogen and oxygen atoms in total. The van der Waals surface area contributed by atoms with Crippen LogP contribution in [0.5, 0.6) is 0 Å². The number of carbonyl (C=O) groups is 1. The summed E-state index contributed by atoms with van der Waals surface area (Å²) in [5.74, 6) is -2.71. The van der Waals surface area contributed by atoms with Crippen molar-refractivity contribution < 1.29 is 22.4 Å². The fraction of sp³-hybridized carbons (Fsp3) is 0.455. The number of amides is 1. The monoisotopic (exact) mass is 279 g/mol. The largest absolute Gasteiger partial charge is 0.406 e. The molecule has 0 aromatic carbocycles. The molecule has 0 saturated carbocycles. The predicted molar refractivity (Wildman–Crippen MR) is 60.8 cm³/mol. The molecule has 0 aliphatic heterocycles. The van der Waals surface area contributed by atoms with Gasteiger partial charge in [0.05, 0.1) is 5.56 Å². The van der Waals surface area contributed by atoms with E-state index in [2.05, 4.69) is 4.98 Å². The highest BCUT2D eigenvalue weighted by Gasteiger charge is 2.35. The molecule has 0 aliphatic rings.